The van der Waals surface area contributed by atoms with Gasteiger partial charge in [0.15, 0.2) is 0 Å². The van der Waals surface area contributed by atoms with Gasteiger partial charge in [-0.1, -0.05) is 38.1 Å². The van der Waals surface area contributed by atoms with Crippen LogP contribution < -0.4 is 20.4 Å². The highest BCUT2D eigenvalue weighted by atomic mass is 16.2. The first-order valence-corrected chi connectivity index (χ1v) is 11.7. The second kappa shape index (κ2) is 10.7. The van der Waals surface area contributed by atoms with Crippen LogP contribution in [0.3, 0.4) is 0 Å². The van der Waals surface area contributed by atoms with E-state index < -0.39 is 0 Å². The molecule has 0 spiro atoms. The first-order chi connectivity index (χ1) is 16.6. The third kappa shape index (κ3) is 5.64. The number of hydrogen-bond donors (Lipinski definition) is 2. The Morgan fingerprint density at radius 3 is 1.53 bits per heavy atom. The highest BCUT2D eigenvalue weighted by molar-refractivity contribution is 5.91. The SMILES string of the molecule is CCC(=O)Nc1cccc(N2C=CC(C3=CCN(c4cccc(NC(=O)CC)c4)C=C3)=CC2)c1. The Bertz CT molecular complexity index is 1100. The van der Waals surface area contributed by atoms with E-state index in [9.17, 15) is 9.59 Å². The monoisotopic (exact) mass is 454 g/mol. The van der Waals surface area contributed by atoms with Crippen molar-refractivity contribution in [3.8, 4) is 0 Å². The van der Waals surface area contributed by atoms with Gasteiger partial charge in [0.25, 0.3) is 0 Å². The fourth-order valence-corrected chi connectivity index (χ4v) is 3.83. The number of nitrogens with one attached hydrogen (secondary N) is 2. The van der Waals surface area contributed by atoms with E-state index in [1.165, 1.54) is 11.1 Å². The van der Waals surface area contributed by atoms with Gasteiger partial charge in [0.05, 0.1) is 0 Å². The third-order valence-electron chi connectivity index (χ3n) is 5.78. The Kier molecular flexibility index (Phi) is 7.28. The van der Waals surface area contributed by atoms with E-state index in [0.717, 1.165) is 35.8 Å². The molecule has 0 unspecified atom stereocenters. The molecule has 2 amide bonds. The lowest BCUT2D eigenvalue weighted by Gasteiger charge is -2.26. The number of hydrogen-bond acceptors (Lipinski definition) is 4. The molecule has 34 heavy (non-hydrogen) atoms. The fraction of sp³-hybridized carbons (Fsp3) is 0.214. The first kappa shape index (κ1) is 23.1. The Morgan fingerprint density at radius 1 is 0.735 bits per heavy atom. The molecule has 2 N–H and O–H groups in total. The molecule has 0 aliphatic carbocycles. The van der Waals surface area contributed by atoms with Crippen LogP contribution in [-0.4, -0.2) is 24.9 Å². The summed E-state index contributed by atoms with van der Waals surface area (Å²) >= 11 is 0. The lowest BCUT2D eigenvalue weighted by atomic mass is 10.0. The molecule has 2 aliphatic heterocycles. The molecule has 0 fully saturated rings. The van der Waals surface area contributed by atoms with Crippen molar-refractivity contribution in [2.75, 3.05) is 33.5 Å². The minimum Gasteiger partial charge on any atom is -0.344 e. The van der Waals surface area contributed by atoms with Crippen molar-refractivity contribution in [1.82, 2.24) is 0 Å². The van der Waals surface area contributed by atoms with Gasteiger partial charge >= 0.3 is 0 Å². The van der Waals surface area contributed by atoms with Gasteiger partial charge in [-0.25, -0.2) is 0 Å². The minimum atomic E-state index is 0.0102. The summed E-state index contributed by atoms with van der Waals surface area (Å²) in [6.45, 7) is 5.20. The van der Waals surface area contributed by atoms with Crippen LogP contribution in [-0.2, 0) is 9.59 Å². The maximum Gasteiger partial charge on any atom is 0.224 e. The molecule has 2 heterocycles. The molecule has 2 aliphatic rings. The summed E-state index contributed by atoms with van der Waals surface area (Å²) in [5.41, 5.74) is 6.07. The Hall–Kier alpha value is -4.06. The van der Waals surface area contributed by atoms with Crippen LogP contribution in [0.5, 0.6) is 0 Å². The number of anilines is 4. The molecule has 0 aromatic heterocycles. The van der Waals surface area contributed by atoms with Crippen molar-refractivity contribution in [3.05, 3.63) is 96.4 Å². The Morgan fingerprint density at radius 2 is 1.18 bits per heavy atom. The van der Waals surface area contributed by atoms with Crippen LogP contribution in [0.15, 0.2) is 96.4 Å². The quantitative estimate of drug-likeness (QED) is 0.571. The molecule has 2 aromatic rings. The molecule has 2 aromatic carbocycles. The van der Waals surface area contributed by atoms with E-state index in [1.54, 1.807) is 0 Å². The molecule has 0 radical (unpaired) electrons. The van der Waals surface area contributed by atoms with Crippen molar-refractivity contribution in [1.29, 1.82) is 0 Å². The molecular formula is C28H30N4O2. The number of carbonyl (C=O) groups is 2. The van der Waals surface area contributed by atoms with E-state index >= 15 is 0 Å². The summed E-state index contributed by atoms with van der Waals surface area (Å²) in [5.74, 6) is 0.0204. The van der Waals surface area contributed by atoms with Crippen molar-refractivity contribution in [3.63, 3.8) is 0 Å². The van der Waals surface area contributed by atoms with Gasteiger partial charge in [-0.3, -0.25) is 9.59 Å². The minimum absolute atomic E-state index is 0.0102. The maximum absolute atomic E-state index is 11.7. The van der Waals surface area contributed by atoms with Gasteiger partial charge in [-0.05, 0) is 59.7 Å². The summed E-state index contributed by atoms with van der Waals surface area (Å²) in [7, 11) is 0. The standard InChI is InChI=1S/C28H30N4O2/c1-3-27(33)29-23-7-5-9-25(19-23)31-15-11-21(12-16-31)22-13-17-32(18-14-22)26-10-6-8-24(20-26)30-28(34)4-2/h5-15,17,19-20H,3-4,16,18H2,1-2H3,(H,29,33)(H,30,34). The maximum atomic E-state index is 11.7. The van der Waals surface area contributed by atoms with Crippen molar-refractivity contribution in [2.45, 2.75) is 26.7 Å². The van der Waals surface area contributed by atoms with Gasteiger partial charge in [-0.15, -0.1) is 0 Å². The van der Waals surface area contributed by atoms with E-state index in [-0.39, 0.29) is 11.8 Å². The number of amides is 2. The third-order valence-corrected chi connectivity index (χ3v) is 5.78. The zero-order valence-electron chi connectivity index (χ0n) is 19.6. The summed E-state index contributed by atoms with van der Waals surface area (Å²) in [6.07, 6.45) is 13.7. The average Bonchev–Trinajstić information content (AvgIpc) is 2.89. The van der Waals surface area contributed by atoms with Gasteiger partial charge in [0.1, 0.15) is 0 Å². The van der Waals surface area contributed by atoms with Crippen LogP contribution in [0.2, 0.25) is 0 Å². The molecule has 0 saturated carbocycles. The molecule has 6 heteroatoms. The highest BCUT2D eigenvalue weighted by Gasteiger charge is 2.13. The number of rotatable bonds is 7. The smallest absolute Gasteiger partial charge is 0.224 e. The summed E-state index contributed by atoms with van der Waals surface area (Å²) in [6, 6.07) is 15.8. The van der Waals surface area contributed by atoms with Crippen LogP contribution in [0.1, 0.15) is 26.7 Å². The number of carbonyl (C=O) groups excluding carboxylic acids is 2. The second-order valence-corrected chi connectivity index (χ2v) is 8.16. The highest BCUT2D eigenvalue weighted by Crippen LogP contribution is 2.27. The number of allylic oxidation sites excluding steroid dienone is 4. The average molecular weight is 455 g/mol. The Balaban J connectivity index is 1.38. The predicted octanol–water partition coefficient (Wildman–Crippen LogP) is 5.60. The van der Waals surface area contributed by atoms with Gasteiger partial charge in [0.2, 0.25) is 11.8 Å². The molecule has 6 nitrogen and oxygen atoms in total. The van der Waals surface area contributed by atoms with Crippen LogP contribution in [0.25, 0.3) is 0 Å². The molecule has 174 valence electrons. The predicted molar refractivity (Wildman–Crippen MR) is 140 cm³/mol. The lowest BCUT2D eigenvalue weighted by molar-refractivity contribution is -0.116. The Labute approximate surface area is 200 Å². The largest absolute Gasteiger partial charge is 0.344 e. The van der Waals surface area contributed by atoms with Crippen molar-refractivity contribution in [2.24, 2.45) is 0 Å². The first-order valence-electron chi connectivity index (χ1n) is 11.7. The summed E-state index contributed by atoms with van der Waals surface area (Å²) in [5, 5.41) is 5.83. The molecule has 0 atom stereocenters. The van der Waals surface area contributed by atoms with Crippen LogP contribution in [0, 0.1) is 0 Å². The van der Waals surface area contributed by atoms with Crippen LogP contribution in [0.4, 0.5) is 22.7 Å². The molecular weight excluding hydrogens is 424 g/mol. The fourth-order valence-electron chi connectivity index (χ4n) is 3.83. The van der Waals surface area contributed by atoms with Crippen LogP contribution >= 0.6 is 0 Å². The summed E-state index contributed by atoms with van der Waals surface area (Å²) in [4.78, 5) is 27.7. The molecule has 0 saturated heterocycles. The second-order valence-electron chi connectivity index (χ2n) is 8.16. The van der Waals surface area contributed by atoms with Crippen molar-refractivity contribution < 1.29 is 9.59 Å². The topological polar surface area (TPSA) is 64.7 Å². The number of benzene rings is 2. The number of nitrogens with zero attached hydrogens (tertiary/aromatic N) is 2. The van der Waals surface area contributed by atoms with E-state index in [4.69, 9.17) is 0 Å². The van der Waals surface area contributed by atoms with Crippen molar-refractivity contribution >= 4 is 34.6 Å². The lowest BCUT2D eigenvalue weighted by Crippen LogP contribution is -2.21. The van der Waals surface area contributed by atoms with Gasteiger partial charge < -0.3 is 20.4 Å². The molecule has 0 bridgehead atoms. The summed E-state index contributed by atoms with van der Waals surface area (Å²) < 4.78 is 0. The normalized spacial score (nSPS) is 15.0. The van der Waals surface area contributed by atoms with E-state index in [0.29, 0.717) is 12.8 Å². The van der Waals surface area contributed by atoms with Gasteiger partial charge in [0, 0.05) is 61.1 Å². The van der Waals surface area contributed by atoms with E-state index in [2.05, 4.69) is 57.1 Å². The van der Waals surface area contributed by atoms with E-state index in [1.807, 2.05) is 62.4 Å². The zero-order chi connectivity index (χ0) is 23.9. The molecule has 4 rings (SSSR count). The zero-order valence-corrected chi connectivity index (χ0v) is 19.6. The van der Waals surface area contributed by atoms with Gasteiger partial charge in [-0.2, -0.15) is 0 Å².